The lowest BCUT2D eigenvalue weighted by molar-refractivity contribution is -0.173. The maximum atomic E-state index is 12.1. The second kappa shape index (κ2) is 10.5. The second-order valence-corrected chi connectivity index (χ2v) is 19.2. The monoisotopic (exact) mass is 520 g/mol. The molecule has 0 spiro atoms. The molecule has 208 valence electrons. The topological polar surface area (TPSA) is 47.9 Å². The molecule has 1 N–H and O–H groups in total. The highest BCUT2D eigenvalue weighted by atomic mass is 28.4. The van der Waals surface area contributed by atoms with Crippen molar-refractivity contribution in [2.75, 3.05) is 13.9 Å². The Kier molecular flexibility index (Phi) is 8.73. The maximum Gasteiger partial charge on any atom is 0.258 e. The van der Waals surface area contributed by atoms with Crippen LogP contribution in [-0.2, 0) is 13.9 Å². The molecule has 0 heterocycles. The quantitative estimate of drug-likeness (QED) is 0.189. The van der Waals surface area contributed by atoms with E-state index in [1.807, 2.05) is 6.08 Å². The molecule has 2 bridgehead atoms. The number of rotatable bonds is 9. The first-order chi connectivity index (χ1) is 16.7. The summed E-state index contributed by atoms with van der Waals surface area (Å²) in [7, 11) is -0.442. The van der Waals surface area contributed by atoms with Crippen LogP contribution in [0.1, 0.15) is 101 Å². The van der Waals surface area contributed by atoms with Gasteiger partial charge in [-0.1, -0.05) is 75.3 Å². The van der Waals surface area contributed by atoms with Crippen molar-refractivity contribution in [3.63, 3.8) is 0 Å². The fourth-order valence-corrected chi connectivity index (χ4v) is 14.4. The number of allylic oxidation sites excluding steroid dienone is 1. The summed E-state index contributed by atoms with van der Waals surface area (Å²) in [5.41, 5.74) is 2.29. The number of aliphatic hydroxyl groups excluding tert-OH is 1. The number of methoxy groups -OCH3 is 1. The normalized spacial score (nSPS) is 39.4. The smallest absolute Gasteiger partial charge is 0.258 e. The summed E-state index contributed by atoms with van der Waals surface area (Å²) >= 11 is 0. The molecular formula is C31H56O4Si. The lowest BCUT2D eigenvalue weighted by Crippen LogP contribution is -2.59. The van der Waals surface area contributed by atoms with E-state index in [4.69, 9.17) is 13.9 Å². The van der Waals surface area contributed by atoms with Crippen molar-refractivity contribution in [2.24, 2.45) is 28.1 Å². The minimum absolute atomic E-state index is 0.0360. The standard InChI is InChI=1S/C31H56O4Si/c1-13-29(10)18-26(32)30(11)23(8)14-16-31(24(9)28(29)34-19-33-12)17-15-25(27(30)31)35-36(20(2)3,21(4)5)22(6)7/h13,20-24,26,28,32H,1,14-19H2,2-12H3/t23?,24-,26+,28?,29+,30?,31?/m0/s1. The zero-order valence-electron chi connectivity index (χ0n) is 25.2. The van der Waals surface area contributed by atoms with Crippen LogP contribution < -0.4 is 0 Å². The average Bonchev–Trinajstić information content (AvgIpc) is 3.18. The molecule has 0 aliphatic heterocycles. The van der Waals surface area contributed by atoms with Gasteiger partial charge in [0.1, 0.15) is 6.79 Å². The van der Waals surface area contributed by atoms with Crippen LogP contribution >= 0.6 is 0 Å². The van der Waals surface area contributed by atoms with E-state index >= 15 is 0 Å². The molecule has 3 aliphatic rings. The van der Waals surface area contributed by atoms with Crippen molar-refractivity contribution in [1.82, 2.24) is 0 Å². The molecule has 7 atom stereocenters. The van der Waals surface area contributed by atoms with Crippen molar-refractivity contribution >= 4 is 8.32 Å². The third-order valence-electron chi connectivity index (χ3n) is 11.3. The highest BCUT2D eigenvalue weighted by molar-refractivity contribution is 6.77. The van der Waals surface area contributed by atoms with Crippen molar-refractivity contribution in [2.45, 2.75) is 130 Å². The lowest BCUT2D eigenvalue weighted by Gasteiger charge is -2.60. The van der Waals surface area contributed by atoms with Gasteiger partial charge in [-0.25, -0.2) is 0 Å². The fourth-order valence-electron chi connectivity index (χ4n) is 9.10. The second-order valence-electron chi connectivity index (χ2n) is 13.8. The van der Waals surface area contributed by atoms with E-state index in [0.29, 0.717) is 29.0 Å². The number of aliphatic hydroxyl groups is 1. The zero-order valence-corrected chi connectivity index (χ0v) is 26.2. The van der Waals surface area contributed by atoms with Gasteiger partial charge in [-0.15, -0.1) is 6.58 Å². The minimum Gasteiger partial charge on any atom is -0.546 e. The van der Waals surface area contributed by atoms with Crippen LogP contribution in [0.2, 0.25) is 16.6 Å². The maximum absolute atomic E-state index is 12.1. The molecule has 3 aliphatic carbocycles. The van der Waals surface area contributed by atoms with Crippen molar-refractivity contribution in [1.29, 1.82) is 0 Å². The van der Waals surface area contributed by atoms with Crippen LogP contribution in [0, 0.1) is 28.1 Å². The predicted octanol–water partition coefficient (Wildman–Crippen LogP) is 8.23. The number of hydrogen-bond acceptors (Lipinski definition) is 4. The summed E-state index contributed by atoms with van der Waals surface area (Å²) in [6.07, 6.45) is 6.38. The van der Waals surface area contributed by atoms with Crippen LogP contribution in [0.4, 0.5) is 0 Å². The Balaban J connectivity index is 2.29. The van der Waals surface area contributed by atoms with E-state index in [1.54, 1.807) is 7.11 Å². The Hall–Kier alpha value is -0.623. The van der Waals surface area contributed by atoms with Gasteiger partial charge in [0.15, 0.2) is 0 Å². The molecule has 0 aromatic heterocycles. The Bertz CT molecular complexity index is 813. The van der Waals surface area contributed by atoms with Gasteiger partial charge in [-0.2, -0.15) is 0 Å². The summed E-state index contributed by atoms with van der Waals surface area (Å²) in [4.78, 5) is 0. The summed E-state index contributed by atoms with van der Waals surface area (Å²) in [5, 5.41) is 12.1. The number of hydrogen-bond donors (Lipinski definition) is 1. The summed E-state index contributed by atoms with van der Waals surface area (Å²) in [6, 6.07) is 0. The summed E-state index contributed by atoms with van der Waals surface area (Å²) < 4.78 is 19.4. The van der Waals surface area contributed by atoms with E-state index < -0.39 is 14.4 Å². The highest BCUT2D eigenvalue weighted by Crippen LogP contribution is 2.69. The van der Waals surface area contributed by atoms with Crippen molar-refractivity contribution in [3.05, 3.63) is 24.0 Å². The molecule has 5 heteroatoms. The Morgan fingerprint density at radius 3 is 2.14 bits per heavy atom. The molecule has 0 aromatic carbocycles. The first kappa shape index (κ1) is 29.9. The van der Waals surface area contributed by atoms with Crippen LogP contribution in [-0.4, -0.2) is 39.5 Å². The molecule has 2 saturated carbocycles. The third kappa shape index (κ3) is 4.28. The molecule has 4 unspecified atom stereocenters. The van der Waals surface area contributed by atoms with Gasteiger partial charge in [0, 0.05) is 29.8 Å². The molecule has 4 nitrogen and oxygen atoms in total. The summed E-state index contributed by atoms with van der Waals surface area (Å²) in [5.74, 6) is 1.88. The van der Waals surface area contributed by atoms with E-state index in [1.165, 1.54) is 11.3 Å². The van der Waals surface area contributed by atoms with Crippen LogP contribution in [0.15, 0.2) is 24.0 Å². The van der Waals surface area contributed by atoms with E-state index in [-0.39, 0.29) is 35.1 Å². The van der Waals surface area contributed by atoms with Crippen LogP contribution in [0.5, 0.6) is 0 Å². The van der Waals surface area contributed by atoms with Gasteiger partial charge in [-0.3, -0.25) is 0 Å². The van der Waals surface area contributed by atoms with Gasteiger partial charge in [-0.05, 0) is 59.7 Å². The SMILES string of the molecule is C=C[C@]1(C)C[C@@H](O)C2(C)C3=C(O[Si](C(C)C)(C(C)C)C(C)C)CCC3(CCC2C)[C@@H](C)C1OCOC. The van der Waals surface area contributed by atoms with Crippen LogP contribution in [0.3, 0.4) is 0 Å². The summed E-state index contributed by atoms with van der Waals surface area (Å²) in [6.45, 7) is 28.0. The van der Waals surface area contributed by atoms with Crippen molar-refractivity contribution in [3.8, 4) is 0 Å². The molecule has 0 amide bonds. The molecule has 2 fully saturated rings. The zero-order chi connectivity index (χ0) is 27.3. The fraction of sp³-hybridized carbons (Fsp3) is 0.871. The Morgan fingerprint density at radius 2 is 1.64 bits per heavy atom. The average molecular weight is 521 g/mol. The third-order valence-corrected chi connectivity index (χ3v) is 17.3. The highest BCUT2D eigenvalue weighted by Gasteiger charge is 2.64. The van der Waals surface area contributed by atoms with E-state index in [2.05, 4.69) is 75.8 Å². The van der Waals surface area contributed by atoms with E-state index in [0.717, 1.165) is 25.7 Å². The molecule has 0 aromatic rings. The number of ether oxygens (including phenoxy) is 2. The first-order valence-electron chi connectivity index (χ1n) is 14.5. The molecule has 0 radical (unpaired) electrons. The molecular weight excluding hydrogens is 464 g/mol. The Labute approximate surface area is 223 Å². The molecule has 3 rings (SSSR count). The molecule has 0 saturated heterocycles. The van der Waals surface area contributed by atoms with Gasteiger partial charge < -0.3 is 19.0 Å². The largest absolute Gasteiger partial charge is 0.546 e. The van der Waals surface area contributed by atoms with Gasteiger partial charge in [0.05, 0.1) is 18.0 Å². The van der Waals surface area contributed by atoms with Gasteiger partial charge in [0.2, 0.25) is 0 Å². The minimum atomic E-state index is -2.13. The van der Waals surface area contributed by atoms with Crippen LogP contribution in [0.25, 0.3) is 0 Å². The van der Waals surface area contributed by atoms with E-state index in [9.17, 15) is 5.11 Å². The Morgan fingerprint density at radius 1 is 1.06 bits per heavy atom. The van der Waals surface area contributed by atoms with Gasteiger partial charge >= 0.3 is 0 Å². The van der Waals surface area contributed by atoms with Crippen molar-refractivity contribution < 1.29 is 19.0 Å². The molecule has 36 heavy (non-hydrogen) atoms. The van der Waals surface area contributed by atoms with Gasteiger partial charge in [0.25, 0.3) is 8.32 Å². The lowest BCUT2D eigenvalue weighted by atomic mass is 9.46. The predicted molar refractivity (Wildman–Crippen MR) is 152 cm³/mol. The first-order valence-corrected chi connectivity index (χ1v) is 16.7.